The van der Waals surface area contributed by atoms with E-state index in [1.807, 2.05) is 0 Å². The Labute approximate surface area is 239 Å². The zero-order valence-electron chi connectivity index (χ0n) is 23.5. The highest BCUT2D eigenvalue weighted by Crippen LogP contribution is 2.45. The lowest BCUT2D eigenvalue weighted by Gasteiger charge is -2.16. The molecule has 0 bridgehead atoms. The maximum Gasteiger partial charge on any atom is 0.434 e. The van der Waals surface area contributed by atoms with E-state index in [0.29, 0.717) is 22.7 Å². The summed E-state index contributed by atoms with van der Waals surface area (Å²) in [6.07, 6.45) is 1.06. The molecule has 4 aromatic rings. The van der Waals surface area contributed by atoms with Gasteiger partial charge in [-0.05, 0) is 38.8 Å². The van der Waals surface area contributed by atoms with E-state index < -0.39 is 17.8 Å². The van der Waals surface area contributed by atoms with Gasteiger partial charge in [0.15, 0.2) is 11.5 Å². The second kappa shape index (κ2) is 11.3. The summed E-state index contributed by atoms with van der Waals surface area (Å²) >= 11 is 0. The lowest BCUT2D eigenvalue weighted by Crippen LogP contribution is -2.10. The molecule has 0 saturated heterocycles. The number of esters is 1. The van der Waals surface area contributed by atoms with Crippen LogP contribution in [0.25, 0.3) is 22.8 Å². The summed E-state index contributed by atoms with van der Waals surface area (Å²) in [5.41, 5.74) is 1.11. The summed E-state index contributed by atoms with van der Waals surface area (Å²) < 4.78 is 57.8. The van der Waals surface area contributed by atoms with Crippen LogP contribution in [0.4, 0.5) is 24.7 Å². The number of nitrogens with one attached hydrogen (secondary N) is 1. The first-order chi connectivity index (χ1) is 20.0. The number of aromatic nitrogens is 6. The molecule has 0 spiro atoms. The third-order valence-corrected chi connectivity index (χ3v) is 6.70. The Morgan fingerprint density at radius 3 is 2.45 bits per heavy atom. The summed E-state index contributed by atoms with van der Waals surface area (Å²) in [5.74, 6) is 0.571. The van der Waals surface area contributed by atoms with Gasteiger partial charge in [-0.25, -0.2) is 29.7 Å². The molecule has 0 amide bonds. The molecular formula is C28H28F3N7O4. The first kappa shape index (κ1) is 28.8. The number of anilines is 2. The average molecular weight is 584 g/mol. The average Bonchev–Trinajstić information content (AvgIpc) is 3.72. The monoisotopic (exact) mass is 583 g/mol. The molecule has 42 heavy (non-hydrogen) atoms. The van der Waals surface area contributed by atoms with E-state index in [0.717, 1.165) is 24.7 Å². The molecule has 0 radical (unpaired) electrons. The number of rotatable bonds is 9. The van der Waals surface area contributed by atoms with Crippen molar-refractivity contribution in [3.8, 4) is 34.4 Å². The predicted octanol–water partition coefficient (Wildman–Crippen LogP) is 5.82. The standard InChI is InChI=1S/C28H28F3N7O4/c1-14(2)38-12-20(28(29,30)31)36-25(38)17-9-8-16(10-19(17)40-3)35-23-18(27(39)42-5)11-32-24(37-23)21-22(15-6-7-15)33-13-34-26(21)41-4/h8-15H,6-7H2,1-5H3,(H,32,35,37). The van der Waals surface area contributed by atoms with Gasteiger partial charge in [0.2, 0.25) is 5.88 Å². The topological polar surface area (TPSA) is 126 Å². The van der Waals surface area contributed by atoms with Crippen molar-refractivity contribution < 1.29 is 32.2 Å². The number of carbonyl (C=O) groups excluding carboxylic acids is 1. The molecule has 3 aromatic heterocycles. The van der Waals surface area contributed by atoms with Gasteiger partial charge < -0.3 is 24.1 Å². The summed E-state index contributed by atoms with van der Waals surface area (Å²) in [7, 11) is 4.13. The van der Waals surface area contributed by atoms with E-state index in [9.17, 15) is 18.0 Å². The molecular weight excluding hydrogens is 555 g/mol. The Hall–Kier alpha value is -4.75. The molecule has 1 aromatic carbocycles. The SMILES string of the molecule is COC(=O)c1cnc(-c2c(OC)ncnc2C2CC2)nc1Nc1ccc(-c2nc(C(F)(F)F)cn2C(C)C)c(OC)c1. The fraction of sp³-hybridized carbons (Fsp3) is 0.357. The first-order valence-corrected chi connectivity index (χ1v) is 13.0. The predicted molar refractivity (Wildman–Crippen MR) is 146 cm³/mol. The van der Waals surface area contributed by atoms with E-state index in [1.54, 1.807) is 32.0 Å². The summed E-state index contributed by atoms with van der Waals surface area (Å²) in [4.78, 5) is 34.1. The van der Waals surface area contributed by atoms with Crippen molar-refractivity contribution in [1.29, 1.82) is 0 Å². The molecule has 0 atom stereocenters. The van der Waals surface area contributed by atoms with Gasteiger partial charge in [0.25, 0.3) is 0 Å². The number of ether oxygens (including phenoxy) is 3. The van der Waals surface area contributed by atoms with Gasteiger partial charge in [0, 0.05) is 36.1 Å². The largest absolute Gasteiger partial charge is 0.496 e. The smallest absolute Gasteiger partial charge is 0.434 e. The second-order valence-corrected chi connectivity index (χ2v) is 9.85. The van der Waals surface area contributed by atoms with Gasteiger partial charge in [-0.2, -0.15) is 13.2 Å². The van der Waals surface area contributed by atoms with Crippen molar-refractivity contribution >= 4 is 17.5 Å². The minimum atomic E-state index is -4.61. The maximum atomic E-state index is 13.5. The van der Waals surface area contributed by atoms with Crippen LogP contribution >= 0.6 is 0 Å². The number of alkyl halides is 3. The van der Waals surface area contributed by atoms with Gasteiger partial charge in [-0.1, -0.05) is 0 Å². The van der Waals surface area contributed by atoms with Crippen LogP contribution in [0.3, 0.4) is 0 Å². The van der Waals surface area contributed by atoms with Crippen molar-refractivity contribution in [3.05, 3.63) is 53.9 Å². The van der Waals surface area contributed by atoms with Crippen molar-refractivity contribution in [3.63, 3.8) is 0 Å². The lowest BCUT2D eigenvalue weighted by atomic mass is 10.1. The van der Waals surface area contributed by atoms with Gasteiger partial charge in [-0.3, -0.25) is 0 Å². The molecule has 1 N–H and O–H groups in total. The molecule has 1 aliphatic rings. The Kier molecular flexibility index (Phi) is 7.71. The van der Waals surface area contributed by atoms with Crippen LogP contribution in [-0.4, -0.2) is 56.8 Å². The second-order valence-electron chi connectivity index (χ2n) is 9.85. The van der Waals surface area contributed by atoms with E-state index >= 15 is 0 Å². The molecule has 220 valence electrons. The van der Waals surface area contributed by atoms with Crippen LogP contribution in [0.5, 0.6) is 11.6 Å². The van der Waals surface area contributed by atoms with Gasteiger partial charge in [0.1, 0.15) is 34.8 Å². The van der Waals surface area contributed by atoms with Crippen molar-refractivity contribution in [2.75, 3.05) is 26.6 Å². The summed E-state index contributed by atoms with van der Waals surface area (Å²) in [6.45, 7) is 3.52. The highest BCUT2D eigenvalue weighted by atomic mass is 19.4. The Morgan fingerprint density at radius 2 is 1.83 bits per heavy atom. The minimum absolute atomic E-state index is 0.0539. The molecule has 0 unspecified atom stereocenters. The number of nitrogens with zero attached hydrogens (tertiary/aromatic N) is 6. The molecule has 1 saturated carbocycles. The molecule has 5 rings (SSSR count). The zero-order valence-corrected chi connectivity index (χ0v) is 23.5. The summed E-state index contributed by atoms with van der Waals surface area (Å²) in [6, 6.07) is 4.48. The Balaban J connectivity index is 1.58. The van der Waals surface area contributed by atoms with Crippen LogP contribution in [0.15, 0.2) is 36.9 Å². The molecule has 1 fully saturated rings. The van der Waals surface area contributed by atoms with Gasteiger partial charge in [-0.15, -0.1) is 0 Å². The molecule has 14 heteroatoms. The number of hydrogen-bond acceptors (Lipinski definition) is 10. The van der Waals surface area contributed by atoms with Crippen molar-refractivity contribution in [2.24, 2.45) is 0 Å². The lowest BCUT2D eigenvalue weighted by molar-refractivity contribution is -0.140. The minimum Gasteiger partial charge on any atom is -0.496 e. The fourth-order valence-corrected chi connectivity index (χ4v) is 4.48. The first-order valence-electron chi connectivity index (χ1n) is 13.0. The normalized spacial score (nSPS) is 13.3. The van der Waals surface area contributed by atoms with Crippen molar-refractivity contribution in [1.82, 2.24) is 29.5 Å². The molecule has 3 heterocycles. The maximum absolute atomic E-state index is 13.5. The number of imidazole rings is 1. The molecule has 0 aliphatic heterocycles. The van der Waals surface area contributed by atoms with Gasteiger partial charge in [0.05, 0.1) is 32.6 Å². The molecule has 1 aliphatic carbocycles. The van der Waals surface area contributed by atoms with Gasteiger partial charge >= 0.3 is 12.1 Å². The van der Waals surface area contributed by atoms with Crippen LogP contribution in [-0.2, 0) is 10.9 Å². The van der Waals surface area contributed by atoms with E-state index in [1.165, 1.54) is 38.4 Å². The zero-order chi connectivity index (χ0) is 30.2. The van der Waals surface area contributed by atoms with E-state index in [-0.39, 0.29) is 40.7 Å². The van der Waals surface area contributed by atoms with E-state index in [2.05, 4.69) is 30.2 Å². The van der Waals surface area contributed by atoms with E-state index in [4.69, 9.17) is 14.2 Å². The number of carbonyl (C=O) groups is 1. The molecule has 11 nitrogen and oxygen atoms in total. The van der Waals surface area contributed by atoms with Crippen LogP contribution < -0.4 is 14.8 Å². The number of methoxy groups -OCH3 is 3. The number of hydrogen-bond donors (Lipinski definition) is 1. The van der Waals surface area contributed by atoms with Crippen molar-refractivity contribution in [2.45, 2.75) is 44.8 Å². The third kappa shape index (κ3) is 5.56. The van der Waals surface area contributed by atoms with Crippen LogP contribution in [0.1, 0.15) is 60.4 Å². The van der Waals surface area contributed by atoms with Crippen LogP contribution in [0, 0.1) is 0 Å². The number of halogens is 3. The highest BCUT2D eigenvalue weighted by molar-refractivity contribution is 5.95. The Bertz CT molecular complexity index is 1630. The third-order valence-electron chi connectivity index (χ3n) is 6.70. The van der Waals surface area contributed by atoms with Crippen LogP contribution in [0.2, 0.25) is 0 Å². The quantitative estimate of drug-likeness (QED) is 0.241. The fourth-order valence-electron chi connectivity index (χ4n) is 4.48. The summed E-state index contributed by atoms with van der Waals surface area (Å²) in [5, 5.41) is 3.10. The number of benzene rings is 1. The highest BCUT2D eigenvalue weighted by Gasteiger charge is 2.36. The Morgan fingerprint density at radius 1 is 1.07 bits per heavy atom.